The predicted octanol–water partition coefficient (Wildman–Crippen LogP) is 2.68. The Morgan fingerprint density at radius 2 is 1.64 bits per heavy atom. The average Bonchev–Trinajstić information content (AvgIpc) is 2.94. The lowest BCUT2D eigenvalue weighted by atomic mass is 10.0. The summed E-state index contributed by atoms with van der Waals surface area (Å²) in [7, 11) is -3.49. The lowest BCUT2D eigenvalue weighted by molar-refractivity contribution is 0.598. The molecule has 0 spiro atoms. The van der Waals surface area contributed by atoms with Gasteiger partial charge < -0.3 is 0 Å². The van der Waals surface area contributed by atoms with Crippen LogP contribution in [0.3, 0.4) is 0 Å². The molecule has 0 atom stereocenters. The van der Waals surface area contributed by atoms with Gasteiger partial charge in [0.25, 0.3) is 0 Å². The molecule has 0 amide bonds. The molecule has 0 aliphatic carbocycles. The first kappa shape index (κ1) is 14.4. The van der Waals surface area contributed by atoms with Gasteiger partial charge in [-0.3, -0.25) is 10.1 Å². The Morgan fingerprint density at radius 1 is 1.00 bits per heavy atom. The van der Waals surface area contributed by atoms with Gasteiger partial charge in [-0.15, -0.1) is 0 Å². The van der Waals surface area contributed by atoms with Gasteiger partial charge in [-0.1, -0.05) is 0 Å². The third-order valence-corrected chi connectivity index (χ3v) is 4.23. The maximum atomic E-state index is 13.1. The second kappa shape index (κ2) is 5.34. The molecule has 1 N–H and O–H groups in total. The SMILES string of the molecule is CS(=O)(=O)c1[nH]nc(-c2ccc(F)cc2)c1-c1ccncc1. The minimum Gasteiger partial charge on any atom is -0.266 e. The van der Waals surface area contributed by atoms with Gasteiger partial charge in [-0.25, -0.2) is 12.8 Å². The Hall–Kier alpha value is -2.54. The van der Waals surface area contributed by atoms with E-state index in [2.05, 4.69) is 15.2 Å². The molecule has 0 aliphatic heterocycles. The van der Waals surface area contributed by atoms with Crippen LogP contribution in [-0.4, -0.2) is 29.9 Å². The molecule has 0 saturated heterocycles. The molecule has 1 aromatic carbocycles. The standard InChI is InChI=1S/C15H12FN3O2S/c1-22(20,21)15-13(10-6-8-17-9-7-10)14(18-19-15)11-2-4-12(16)5-3-11/h2-9H,1H3,(H,18,19). The smallest absolute Gasteiger partial charge is 0.192 e. The monoisotopic (exact) mass is 317 g/mol. The van der Waals surface area contributed by atoms with Crippen LogP contribution in [0.15, 0.2) is 53.8 Å². The van der Waals surface area contributed by atoms with Crippen molar-refractivity contribution in [2.75, 3.05) is 6.26 Å². The lowest BCUT2D eigenvalue weighted by Crippen LogP contribution is -1.99. The van der Waals surface area contributed by atoms with E-state index in [1.165, 1.54) is 12.1 Å². The van der Waals surface area contributed by atoms with Crippen molar-refractivity contribution in [2.24, 2.45) is 0 Å². The van der Waals surface area contributed by atoms with E-state index in [4.69, 9.17) is 0 Å². The van der Waals surface area contributed by atoms with Crippen molar-refractivity contribution in [3.05, 3.63) is 54.6 Å². The van der Waals surface area contributed by atoms with Crippen molar-refractivity contribution in [2.45, 2.75) is 5.03 Å². The molecule has 2 aromatic heterocycles. The zero-order valence-corrected chi connectivity index (χ0v) is 12.4. The van der Waals surface area contributed by atoms with Crippen LogP contribution in [0, 0.1) is 5.82 Å². The highest BCUT2D eigenvalue weighted by Gasteiger charge is 2.23. The number of hydrogen-bond acceptors (Lipinski definition) is 4. The van der Waals surface area contributed by atoms with Gasteiger partial charge in [-0.2, -0.15) is 5.10 Å². The van der Waals surface area contributed by atoms with Crippen LogP contribution in [0.4, 0.5) is 4.39 Å². The van der Waals surface area contributed by atoms with E-state index in [9.17, 15) is 12.8 Å². The van der Waals surface area contributed by atoms with Gasteiger partial charge in [0, 0.05) is 29.8 Å². The molecule has 0 fully saturated rings. The summed E-state index contributed by atoms with van der Waals surface area (Å²) in [5.41, 5.74) is 2.20. The van der Waals surface area contributed by atoms with Crippen molar-refractivity contribution in [3.63, 3.8) is 0 Å². The average molecular weight is 317 g/mol. The number of aromatic nitrogens is 3. The van der Waals surface area contributed by atoms with Crippen molar-refractivity contribution in [1.29, 1.82) is 0 Å². The summed E-state index contributed by atoms with van der Waals surface area (Å²) in [6.07, 6.45) is 4.26. The molecule has 0 bridgehead atoms. The summed E-state index contributed by atoms with van der Waals surface area (Å²) in [6, 6.07) is 9.13. The number of pyridine rings is 1. The van der Waals surface area contributed by atoms with Crippen LogP contribution in [0.2, 0.25) is 0 Å². The molecule has 0 aliphatic rings. The van der Waals surface area contributed by atoms with Crippen molar-refractivity contribution in [1.82, 2.24) is 15.2 Å². The summed E-state index contributed by atoms with van der Waals surface area (Å²) < 4.78 is 37.0. The molecule has 2 heterocycles. The van der Waals surface area contributed by atoms with Crippen LogP contribution in [-0.2, 0) is 9.84 Å². The first-order chi connectivity index (χ1) is 10.5. The second-order valence-electron chi connectivity index (χ2n) is 4.79. The largest absolute Gasteiger partial charge is 0.266 e. The highest BCUT2D eigenvalue weighted by Crippen LogP contribution is 2.35. The molecule has 3 aromatic rings. The van der Waals surface area contributed by atoms with E-state index in [-0.39, 0.29) is 10.8 Å². The summed E-state index contributed by atoms with van der Waals surface area (Å²) in [4.78, 5) is 3.93. The number of halogens is 1. The number of aromatic amines is 1. The first-order valence-corrected chi connectivity index (χ1v) is 8.31. The Balaban J connectivity index is 2.28. The van der Waals surface area contributed by atoms with E-state index in [0.717, 1.165) is 6.26 Å². The normalized spacial score (nSPS) is 11.5. The molecule has 22 heavy (non-hydrogen) atoms. The van der Waals surface area contributed by atoms with Gasteiger partial charge in [0.2, 0.25) is 0 Å². The highest BCUT2D eigenvalue weighted by atomic mass is 32.2. The number of nitrogens with zero attached hydrogens (tertiary/aromatic N) is 2. The Labute approximate surface area is 126 Å². The van der Waals surface area contributed by atoms with Gasteiger partial charge in [0.1, 0.15) is 11.5 Å². The Bertz CT molecular complexity index is 904. The Kier molecular flexibility index (Phi) is 3.50. The molecule has 0 unspecified atom stereocenters. The van der Waals surface area contributed by atoms with E-state index in [1.807, 2.05) is 0 Å². The number of H-pyrrole nitrogens is 1. The highest BCUT2D eigenvalue weighted by molar-refractivity contribution is 7.90. The van der Waals surface area contributed by atoms with Gasteiger partial charge in [0.15, 0.2) is 14.9 Å². The molecule has 3 rings (SSSR count). The molecule has 5 nitrogen and oxygen atoms in total. The fraction of sp³-hybridized carbons (Fsp3) is 0.0667. The lowest BCUT2D eigenvalue weighted by Gasteiger charge is -2.05. The molecule has 0 radical (unpaired) electrons. The topological polar surface area (TPSA) is 75.7 Å². The Morgan fingerprint density at radius 3 is 2.23 bits per heavy atom. The number of nitrogens with one attached hydrogen (secondary N) is 1. The maximum Gasteiger partial charge on any atom is 0.192 e. The number of sulfone groups is 1. The van der Waals surface area contributed by atoms with Gasteiger partial charge in [0.05, 0.1) is 0 Å². The van der Waals surface area contributed by atoms with Crippen LogP contribution in [0.1, 0.15) is 0 Å². The molecule has 112 valence electrons. The van der Waals surface area contributed by atoms with E-state index in [0.29, 0.717) is 22.4 Å². The summed E-state index contributed by atoms with van der Waals surface area (Å²) in [6.45, 7) is 0. The maximum absolute atomic E-state index is 13.1. The fourth-order valence-electron chi connectivity index (χ4n) is 2.20. The zero-order chi connectivity index (χ0) is 15.7. The third-order valence-electron chi connectivity index (χ3n) is 3.19. The number of rotatable bonds is 3. The zero-order valence-electron chi connectivity index (χ0n) is 11.6. The summed E-state index contributed by atoms with van der Waals surface area (Å²) >= 11 is 0. The number of hydrogen-bond donors (Lipinski definition) is 1. The van der Waals surface area contributed by atoms with Crippen LogP contribution < -0.4 is 0 Å². The molecule has 7 heteroatoms. The van der Waals surface area contributed by atoms with Gasteiger partial charge in [-0.05, 0) is 42.0 Å². The van der Waals surface area contributed by atoms with Crippen molar-refractivity contribution < 1.29 is 12.8 Å². The van der Waals surface area contributed by atoms with Crippen molar-refractivity contribution >= 4 is 9.84 Å². The van der Waals surface area contributed by atoms with Crippen molar-refractivity contribution in [3.8, 4) is 22.4 Å². The number of benzene rings is 1. The van der Waals surface area contributed by atoms with Gasteiger partial charge >= 0.3 is 0 Å². The van der Waals surface area contributed by atoms with E-state index >= 15 is 0 Å². The summed E-state index contributed by atoms with van der Waals surface area (Å²) in [5.74, 6) is -0.368. The van der Waals surface area contributed by atoms with Crippen LogP contribution >= 0.6 is 0 Å². The molecule has 0 saturated carbocycles. The predicted molar refractivity (Wildman–Crippen MR) is 80.3 cm³/mol. The van der Waals surface area contributed by atoms with Crippen LogP contribution in [0.25, 0.3) is 22.4 Å². The van der Waals surface area contributed by atoms with Crippen LogP contribution in [0.5, 0.6) is 0 Å². The first-order valence-electron chi connectivity index (χ1n) is 6.41. The fourth-order valence-corrected chi connectivity index (χ4v) is 2.99. The van der Waals surface area contributed by atoms with E-state index in [1.54, 1.807) is 36.7 Å². The minimum absolute atomic E-state index is 0.0259. The molecular weight excluding hydrogens is 305 g/mol. The summed E-state index contributed by atoms with van der Waals surface area (Å²) in [5, 5.41) is 6.71. The minimum atomic E-state index is -3.49. The quantitative estimate of drug-likeness (QED) is 0.806. The molecular formula is C15H12FN3O2S. The second-order valence-corrected chi connectivity index (χ2v) is 6.74. The third kappa shape index (κ3) is 2.62. The van der Waals surface area contributed by atoms with E-state index < -0.39 is 9.84 Å².